The number of nitrogens with one attached hydrogen (secondary N) is 1. The Balaban J connectivity index is 0.000000301. The molecule has 3 N–H and O–H groups in total. The molecule has 0 bridgehead atoms. The first kappa shape index (κ1) is 30.9. The molecule has 10 nitrogen and oxygen atoms in total. The number of carbonyl (C=O) groups is 3. The number of pyridine rings is 1. The van der Waals surface area contributed by atoms with Gasteiger partial charge in [0.05, 0.1) is 19.3 Å². The van der Waals surface area contributed by atoms with Crippen LogP contribution in [0.5, 0.6) is 0 Å². The highest BCUT2D eigenvalue weighted by atomic mass is 32.1. The quantitative estimate of drug-likeness (QED) is 0.461. The van der Waals surface area contributed by atoms with Crippen molar-refractivity contribution in [3.63, 3.8) is 0 Å². The molecule has 0 radical (unpaired) electrons. The zero-order valence-corrected chi connectivity index (χ0v) is 20.1. The Hall–Kier alpha value is -3.31. The second-order valence-electron chi connectivity index (χ2n) is 7.97. The number of carbonyl (C=O) groups excluding carboxylic acids is 1. The summed E-state index contributed by atoms with van der Waals surface area (Å²) in [5.74, 6) is -4.69. The van der Waals surface area contributed by atoms with Gasteiger partial charge in [0.1, 0.15) is 5.01 Å². The number of amides is 1. The standard InChI is InChI=1S/C17H20N4O2S.2C2HF3O2/c22-17(12-1-3-18-4-2-12)20-7-13-11-23-15-9-21(8-14(13)15)10-16-19-5-6-24-16;2*3-2(4,5)1(6)7/h1-6,13-15H,7-11H2,(H,20,22);2*(H,6,7)/t13-,14+,15+;;/m0../s1. The van der Waals surface area contributed by atoms with Crippen LogP contribution in [0.3, 0.4) is 0 Å². The number of likely N-dealkylation sites (tertiary alicyclic amines) is 1. The molecule has 0 aliphatic carbocycles. The number of aromatic nitrogens is 2. The van der Waals surface area contributed by atoms with Gasteiger partial charge in [-0.3, -0.25) is 14.7 Å². The highest BCUT2D eigenvalue weighted by Crippen LogP contribution is 2.34. The number of hydrogen-bond acceptors (Lipinski definition) is 8. The summed E-state index contributed by atoms with van der Waals surface area (Å²) in [7, 11) is 0. The molecule has 0 saturated carbocycles. The Kier molecular flexibility index (Phi) is 11.0. The average molecular weight is 572 g/mol. The molecule has 38 heavy (non-hydrogen) atoms. The number of carboxylic acids is 2. The smallest absolute Gasteiger partial charge is 0.475 e. The molecule has 210 valence electrons. The predicted octanol–water partition coefficient (Wildman–Crippen LogP) is 2.68. The van der Waals surface area contributed by atoms with Gasteiger partial charge in [-0.2, -0.15) is 26.3 Å². The van der Waals surface area contributed by atoms with Crippen molar-refractivity contribution >= 4 is 29.2 Å². The first-order chi connectivity index (χ1) is 17.7. The Bertz CT molecular complexity index is 1030. The molecule has 0 unspecified atom stereocenters. The Labute approximate surface area is 215 Å². The molecule has 2 saturated heterocycles. The van der Waals surface area contributed by atoms with E-state index in [0.717, 1.165) is 31.2 Å². The minimum absolute atomic E-state index is 0.0431. The molecule has 2 aliphatic heterocycles. The summed E-state index contributed by atoms with van der Waals surface area (Å²) in [5.41, 5.74) is 0.650. The van der Waals surface area contributed by atoms with Crippen LogP contribution in [0.25, 0.3) is 0 Å². The molecule has 17 heteroatoms. The molecule has 1 amide bonds. The van der Waals surface area contributed by atoms with Gasteiger partial charge in [0.25, 0.3) is 5.91 Å². The van der Waals surface area contributed by atoms with Crippen LogP contribution in [-0.2, 0) is 20.9 Å². The third-order valence-corrected chi connectivity index (χ3v) is 6.07. The number of carboxylic acid groups (broad SMARTS) is 2. The van der Waals surface area contributed by atoms with Crippen LogP contribution >= 0.6 is 11.3 Å². The molecule has 2 aliphatic rings. The Morgan fingerprint density at radius 3 is 2.11 bits per heavy atom. The van der Waals surface area contributed by atoms with E-state index in [2.05, 4.69) is 20.2 Å². The molecule has 2 aromatic heterocycles. The van der Waals surface area contributed by atoms with E-state index in [1.54, 1.807) is 35.9 Å². The van der Waals surface area contributed by atoms with Gasteiger partial charge in [-0.25, -0.2) is 14.6 Å². The minimum atomic E-state index is -5.08. The van der Waals surface area contributed by atoms with Crippen LogP contribution in [0.1, 0.15) is 15.4 Å². The Morgan fingerprint density at radius 2 is 1.61 bits per heavy atom. The number of ether oxygens (including phenoxy) is 1. The summed E-state index contributed by atoms with van der Waals surface area (Å²) in [6, 6.07) is 3.46. The molecule has 3 atom stereocenters. The monoisotopic (exact) mass is 572 g/mol. The van der Waals surface area contributed by atoms with E-state index in [4.69, 9.17) is 24.5 Å². The van der Waals surface area contributed by atoms with Crippen molar-refractivity contribution < 1.29 is 55.7 Å². The third kappa shape index (κ3) is 9.86. The van der Waals surface area contributed by atoms with Crippen LogP contribution in [-0.4, -0.2) is 87.6 Å². The maximum absolute atomic E-state index is 12.2. The Morgan fingerprint density at radius 1 is 1.03 bits per heavy atom. The zero-order chi connectivity index (χ0) is 28.5. The van der Waals surface area contributed by atoms with Crippen LogP contribution in [0.2, 0.25) is 0 Å². The first-order valence-corrected chi connectivity index (χ1v) is 11.6. The average Bonchev–Trinajstić information content (AvgIpc) is 3.56. The van der Waals surface area contributed by atoms with E-state index in [1.807, 2.05) is 11.6 Å². The summed E-state index contributed by atoms with van der Waals surface area (Å²) in [6.07, 6.45) is -4.76. The van der Waals surface area contributed by atoms with Gasteiger partial charge in [0, 0.05) is 61.0 Å². The SMILES string of the molecule is O=C(NC[C@H]1CO[C@@H]2CN(Cc3nccs3)C[C@H]12)c1ccncc1.O=C(O)C(F)(F)F.O=C(O)C(F)(F)F. The fraction of sp³-hybridized carbons (Fsp3) is 0.476. The van der Waals surface area contributed by atoms with Crippen LogP contribution in [0.4, 0.5) is 26.3 Å². The van der Waals surface area contributed by atoms with Crippen molar-refractivity contribution in [3.05, 3.63) is 46.7 Å². The number of rotatable bonds is 5. The summed E-state index contributed by atoms with van der Waals surface area (Å²) < 4.78 is 69.4. The third-order valence-electron chi connectivity index (χ3n) is 5.31. The fourth-order valence-corrected chi connectivity index (χ4v) is 4.23. The van der Waals surface area contributed by atoms with Gasteiger partial charge < -0.3 is 20.3 Å². The van der Waals surface area contributed by atoms with E-state index in [0.29, 0.717) is 23.9 Å². The summed E-state index contributed by atoms with van der Waals surface area (Å²) in [6.45, 7) is 4.26. The van der Waals surface area contributed by atoms with Crippen LogP contribution in [0, 0.1) is 11.8 Å². The fourth-order valence-electron chi connectivity index (χ4n) is 3.57. The summed E-state index contributed by atoms with van der Waals surface area (Å²) in [5, 5.41) is 20.5. The van der Waals surface area contributed by atoms with E-state index in [-0.39, 0.29) is 12.0 Å². The zero-order valence-electron chi connectivity index (χ0n) is 19.3. The van der Waals surface area contributed by atoms with E-state index in [1.165, 1.54) is 0 Å². The minimum Gasteiger partial charge on any atom is -0.475 e. The first-order valence-electron chi connectivity index (χ1n) is 10.7. The van der Waals surface area contributed by atoms with Crippen LogP contribution in [0.15, 0.2) is 36.1 Å². The number of alkyl halides is 6. The van der Waals surface area contributed by atoms with E-state index < -0.39 is 24.3 Å². The predicted molar refractivity (Wildman–Crippen MR) is 118 cm³/mol. The number of nitrogens with zero attached hydrogens (tertiary/aromatic N) is 3. The second kappa shape index (κ2) is 13.5. The topological polar surface area (TPSA) is 142 Å². The van der Waals surface area contributed by atoms with E-state index in [9.17, 15) is 31.1 Å². The molecule has 4 heterocycles. The normalized spacial score (nSPS) is 20.8. The van der Waals surface area contributed by atoms with Gasteiger partial charge in [-0.05, 0) is 12.1 Å². The number of halogens is 6. The number of hydrogen-bond donors (Lipinski definition) is 3. The molecular weight excluding hydrogens is 550 g/mol. The van der Waals surface area contributed by atoms with Gasteiger partial charge >= 0.3 is 24.3 Å². The molecular formula is C21H22F6N4O6S. The molecule has 4 rings (SSSR count). The number of aliphatic carboxylic acids is 2. The highest BCUT2D eigenvalue weighted by molar-refractivity contribution is 7.09. The second-order valence-corrected chi connectivity index (χ2v) is 8.95. The summed E-state index contributed by atoms with van der Waals surface area (Å²) in [4.78, 5) is 40.7. The van der Waals surface area contributed by atoms with Gasteiger partial charge in [-0.1, -0.05) is 0 Å². The van der Waals surface area contributed by atoms with Crippen molar-refractivity contribution in [2.24, 2.45) is 11.8 Å². The number of fused-ring (bicyclic) bond motifs is 1. The lowest BCUT2D eigenvalue weighted by molar-refractivity contribution is -0.193. The lowest BCUT2D eigenvalue weighted by atomic mass is 9.93. The van der Waals surface area contributed by atoms with E-state index >= 15 is 0 Å². The van der Waals surface area contributed by atoms with Gasteiger partial charge in [0.2, 0.25) is 0 Å². The lowest BCUT2D eigenvalue weighted by Crippen LogP contribution is -2.34. The molecule has 0 aromatic carbocycles. The lowest BCUT2D eigenvalue weighted by Gasteiger charge is -2.19. The number of thiazole rings is 1. The van der Waals surface area contributed by atoms with Crippen molar-refractivity contribution in [1.29, 1.82) is 0 Å². The largest absolute Gasteiger partial charge is 0.490 e. The summed E-state index contributed by atoms with van der Waals surface area (Å²) >= 11 is 1.69. The maximum atomic E-state index is 12.2. The van der Waals surface area contributed by atoms with Crippen molar-refractivity contribution in [2.75, 3.05) is 26.2 Å². The highest BCUT2D eigenvalue weighted by Gasteiger charge is 2.44. The van der Waals surface area contributed by atoms with Crippen molar-refractivity contribution in [2.45, 2.75) is 25.0 Å². The molecule has 0 spiro atoms. The van der Waals surface area contributed by atoms with Gasteiger partial charge in [0.15, 0.2) is 0 Å². The maximum Gasteiger partial charge on any atom is 0.490 e. The molecule has 2 fully saturated rings. The molecule has 2 aromatic rings. The van der Waals surface area contributed by atoms with Crippen molar-refractivity contribution in [1.82, 2.24) is 20.2 Å². The van der Waals surface area contributed by atoms with Gasteiger partial charge in [-0.15, -0.1) is 11.3 Å². The van der Waals surface area contributed by atoms with Crippen molar-refractivity contribution in [3.8, 4) is 0 Å². The van der Waals surface area contributed by atoms with Crippen LogP contribution < -0.4 is 5.32 Å².